The number of aromatic nitrogens is 1. The standard InChI is InChI=1S/C8H13NO2S/c1-5(10)7-4-12-8(9-7)6(2)11-3/h4-6,10H,1-3H3. The Morgan fingerprint density at radius 1 is 1.58 bits per heavy atom. The Kier molecular flexibility index (Phi) is 3.20. The van der Waals surface area contributed by atoms with E-state index in [1.54, 1.807) is 14.0 Å². The summed E-state index contributed by atoms with van der Waals surface area (Å²) in [7, 11) is 1.65. The monoisotopic (exact) mass is 187 g/mol. The van der Waals surface area contributed by atoms with Crippen molar-refractivity contribution in [2.75, 3.05) is 7.11 Å². The van der Waals surface area contributed by atoms with Crippen molar-refractivity contribution < 1.29 is 9.84 Å². The maximum absolute atomic E-state index is 9.19. The van der Waals surface area contributed by atoms with Gasteiger partial charge in [-0.25, -0.2) is 4.98 Å². The molecule has 0 aliphatic heterocycles. The van der Waals surface area contributed by atoms with Crippen LogP contribution in [0, 0.1) is 0 Å². The van der Waals surface area contributed by atoms with Crippen molar-refractivity contribution in [3.8, 4) is 0 Å². The molecule has 2 atom stereocenters. The van der Waals surface area contributed by atoms with Crippen molar-refractivity contribution in [1.82, 2.24) is 4.98 Å². The zero-order valence-corrected chi connectivity index (χ0v) is 8.26. The molecule has 1 N–H and O–H groups in total. The summed E-state index contributed by atoms with van der Waals surface area (Å²) in [6, 6.07) is 0. The lowest BCUT2D eigenvalue weighted by Gasteiger charge is -2.04. The van der Waals surface area contributed by atoms with Gasteiger partial charge in [-0.15, -0.1) is 11.3 Å². The van der Waals surface area contributed by atoms with E-state index in [0.29, 0.717) is 0 Å². The number of rotatable bonds is 3. The Hall–Kier alpha value is -0.450. The summed E-state index contributed by atoms with van der Waals surface area (Å²) in [4.78, 5) is 4.22. The van der Waals surface area contributed by atoms with Crippen LogP contribution in [0.4, 0.5) is 0 Å². The van der Waals surface area contributed by atoms with E-state index < -0.39 is 6.10 Å². The van der Waals surface area contributed by atoms with E-state index in [0.717, 1.165) is 10.7 Å². The number of nitrogens with zero attached hydrogens (tertiary/aromatic N) is 1. The first-order chi connectivity index (χ1) is 5.65. The molecule has 0 aliphatic carbocycles. The van der Waals surface area contributed by atoms with Crippen LogP contribution in [-0.4, -0.2) is 17.2 Å². The van der Waals surface area contributed by atoms with E-state index in [-0.39, 0.29) is 6.10 Å². The summed E-state index contributed by atoms with van der Waals surface area (Å²) < 4.78 is 5.10. The zero-order chi connectivity index (χ0) is 9.14. The molecule has 1 rings (SSSR count). The van der Waals surface area contributed by atoms with Gasteiger partial charge in [-0.2, -0.15) is 0 Å². The third kappa shape index (κ3) is 2.03. The van der Waals surface area contributed by atoms with Crippen LogP contribution in [0.15, 0.2) is 5.38 Å². The molecule has 0 saturated heterocycles. The molecule has 0 amide bonds. The van der Waals surface area contributed by atoms with Gasteiger partial charge < -0.3 is 9.84 Å². The summed E-state index contributed by atoms with van der Waals surface area (Å²) in [5.74, 6) is 0. The number of methoxy groups -OCH3 is 1. The van der Waals surface area contributed by atoms with Crippen LogP contribution >= 0.6 is 11.3 Å². The molecule has 12 heavy (non-hydrogen) atoms. The van der Waals surface area contributed by atoms with Crippen LogP contribution in [0.3, 0.4) is 0 Å². The Bertz CT molecular complexity index is 247. The van der Waals surface area contributed by atoms with E-state index in [2.05, 4.69) is 4.98 Å². The molecule has 0 spiro atoms. The predicted molar refractivity (Wildman–Crippen MR) is 48.2 cm³/mol. The maximum atomic E-state index is 9.19. The van der Waals surface area contributed by atoms with Crippen molar-refractivity contribution in [1.29, 1.82) is 0 Å². The van der Waals surface area contributed by atoms with Gasteiger partial charge in [-0.1, -0.05) is 0 Å². The molecular formula is C8H13NO2S. The second-order valence-electron chi connectivity index (χ2n) is 2.66. The molecule has 2 unspecified atom stereocenters. The highest BCUT2D eigenvalue weighted by Crippen LogP contribution is 2.23. The first kappa shape index (κ1) is 9.64. The number of aliphatic hydroxyl groups excluding tert-OH is 1. The van der Waals surface area contributed by atoms with Crippen LogP contribution < -0.4 is 0 Å². The minimum Gasteiger partial charge on any atom is -0.387 e. The van der Waals surface area contributed by atoms with Crippen LogP contribution in [0.2, 0.25) is 0 Å². The predicted octanol–water partition coefficient (Wildman–Crippen LogP) is 1.90. The van der Waals surface area contributed by atoms with E-state index >= 15 is 0 Å². The van der Waals surface area contributed by atoms with E-state index in [4.69, 9.17) is 4.74 Å². The largest absolute Gasteiger partial charge is 0.387 e. The molecular weight excluding hydrogens is 174 g/mol. The van der Waals surface area contributed by atoms with Crippen LogP contribution in [-0.2, 0) is 4.74 Å². The molecule has 0 radical (unpaired) electrons. The molecule has 1 aromatic rings. The third-order valence-corrected chi connectivity index (χ3v) is 2.69. The molecule has 1 aromatic heterocycles. The number of hydrogen-bond acceptors (Lipinski definition) is 4. The topological polar surface area (TPSA) is 42.4 Å². The lowest BCUT2D eigenvalue weighted by atomic mass is 10.3. The maximum Gasteiger partial charge on any atom is 0.122 e. The van der Waals surface area contributed by atoms with Gasteiger partial charge in [0.25, 0.3) is 0 Å². The summed E-state index contributed by atoms with van der Waals surface area (Å²) >= 11 is 1.51. The molecule has 0 aromatic carbocycles. The van der Waals surface area contributed by atoms with Crippen LogP contribution in [0.25, 0.3) is 0 Å². The van der Waals surface area contributed by atoms with Crippen molar-refractivity contribution in [3.63, 3.8) is 0 Å². The van der Waals surface area contributed by atoms with Gasteiger partial charge in [-0.05, 0) is 13.8 Å². The highest BCUT2D eigenvalue weighted by atomic mass is 32.1. The average Bonchev–Trinajstić information content (AvgIpc) is 2.51. The van der Waals surface area contributed by atoms with Gasteiger partial charge in [0.15, 0.2) is 0 Å². The summed E-state index contributed by atoms with van der Waals surface area (Å²) in [5.41, 5.74) is 0.721. The SMILES string of the molecule is COC(C)c1nc(C(C)O)cs1. The molecule has 68 valence electrons. The molecule has 4 heteroatoms. The van der Waals surface area contributed by atoms with Crippen LogP contribution in [0.5, 0.6) is 0 Å². The number of thiazole rings is 1. The second kappa shape index (κ2) is 3.98. The summed E-state index contributed by atoms with van der Waals surface area (Å²) in [6.07, 6.45) is -0.471. The number of ether oxygens (including phenoxy) is 1. The first-order valence-electron chi connectivity index (χ1n) is 3.81. The Labute approximate surface area is 76.0 Å². The quantitative estimate of drug-likeness (QED) is 0.786. The smallest absolute Gasteiger partial charge is 0.122 e. The molecule has 0 aliphatic rings. The molecule has 0 bridgehead atoms. The van der Waals surface area contributed by atoms with Gasteiger partial charge in [0.05, 0.1) is 11.8 Å². The molecule has 3 nitrogen and oxygen atoms in total. The van der Waals surface area contributed by atoms with Gasteiger partial charge in [0.1, 0.15) is 11.1 Å². The van der Waals surface area contributed by atoms with Crippen molar-refractivity contribution >= 4 is 11.3 Å². The second-order valence-corrected chi connectivity index (χ2v) is 3.55. The minimum absolute atomic E-state index is 0.0162. The van der Waals surface area contributed by atoms with E-state index in [1.165, 1.54) is 11.3 Å². The molecule has 0 saturated carbocycles. The number of hydrogen-bond donors (Lipinski definition) is 1. The minimum atomic E-state index is -0.487. The first-order valence-corrected chi connectivity index (χ1v) is 4.69. The fraction of sp³-hybridized carbons (Fsp3) is 0.625. The van der Waals surface area contributed by atoms with E-state index in [9.17, 15) is 5.11 Å². The molecule has 0 fully saturated rings. The van der Waals surface area contributed by atoms with Crippen molar-refractivity contribution in [2.45, 2.75) is 26.1 Å². The van der Waals surface area contributed by atoms with Gasteiger partial charge in [0, 0.05) is 12.5 Å². The third-order valence-electron chi connectivity index (χ3n) is 1.67. The van der Waals surface area contributed by atoms with Crippen molar-refractivity contribution in [3.05, 3.63) is 16.1 Å². The number of aliphatic hydroxyl groups is 1. The fourth-order valence-corrected chi connectivity index (χ4v) is 1.72. The van der Waals surface area contributed by atoms with Gasteiger partial charge in [-0.3, -0.25) is 0 Å². The van der Waals surface area contributed by atoms with Crippen molar-refractivity contribution in [2.24, 2.45) is 0 Å². The summed E-state index contributed by atoms with van der Waals surface area (Å²) in [6.45, 7) is 3.64. The highest BCUT2D eigenvalue weighted by molar-refractivity contribution is 7.09. The normalized spacial score (nSPS) is 16.0. The van der Waals surface area contributed by atoms with Gasteiger partial charge in [0.2, 0.25) is 0 Å². The molecule has 1 heterocycles. The fourth-order valence-electron chi connectivity index (χ4n) is 0.780. The average molecular weight is 187 g/mol. The van der Waals surface area contributed by atoms with E-state index in [1.807, 2.05) is 12.3 Å². The Morgan fingerprint density at radius 3 is 2.67 bits per heavy atom. The Balaban J connectivity index is 2.77. The highest BCUT2D eigenvalue weighted by Gasteiger charge is 2.11. The van der Waals surface area contributed by atoms with Crippen LogP contribution in [0.1, 0.15) is 36.8 Å². The zero-order valence-electron chi connectivity index (χ0n) is 7.44. The van der Waals surface area contributed by atoms with Gasteiger partial charge >= 0.3 is 0 Å². The summed E-state index contributed by atoms with van der Waals surface area (Å²) in [5, 5.41) is 12.0. The Morgan fingerprint density at radius 2 is 2.25 bits per heavy atom. The lowest BCUT2D eigenvalue weighted by molar-refractivity contribution is 0.118. The lowest BCUT2D eigenvalue weighted by Crippen LogP contribution is -1.97.